The zero-order valence-electron chi connectivity index (χ0n) is 12.8. The molecule has 4 nitrogen and oxygen atoms in total. The van der Waals surface area contributed by atoms with E-state index < -0.39 is 0 Å². The molecular weight excluding hydrogens is 252 g/mol. The fraction of sp³-hybridized carbons (Fsp3) is 0.938. The second kappa shape index (κ2) is 5.64. The maximum absolute atomic E-state index is 12.6. The second-order valence-corrected chi connectivity index (χ2v) is 7.43. The van der Waals surface area contributed by atoms with Gasteiger partial charge in [-0.25, -0.2) is 0 Å². The Bertz CT molecular complexity index is 349. The number of nitrogens with zero attached hydrogens (tertiary/aromatic N) is 2. The molecule has 2 bridgehead atoms. The number of likely N-dealkylation sites (tertiary alicyclic amines) is 1. The Hall–Kier alpha value is -0.610. The quantitative estimate of drug-likeness (QED) is 0.833. The van der Waals surface area contributed by atoms with Gasteiger partial charge >= 0.3 is 0 Å². The highest BCUT2D eigenvalue weighted by Crippen LogP contribution is 2.35. The third-order valence-electron chi connectivity index (χ3n) is 5.40. The lowest BCUT2D eigenvalue weighted by atomic mass is 9.92. The van der Waals surface area contributed by atoms with E-state index in [1.165, 1.54) is 6.42 Å². The molecule has 4 heteroatoms. The van der Waals surface area contributed by atoms with Crippen molar-refractivity contribution in [3.8, 4) is 0 Å². The lowest BCUT2D eigenvalue weighted by Crippen LogP contribution is -2.52. The van der Waals surface area contributed by atoms with Crippen LogP contribution in [0.2, 0.25) is 0 Å². The molecule has 1 amide bonds. The first-order valence-electron chi connectivity index (χ1n) is 8.24. The largest absolute Gasteiger partial charge is 0.393 e. The van der Waals surface area contributed by atoms with E-state index in [1.807, 2.05) is 0 Å². The molecule has 4 unspecified atom stereocenters. The third-order valence-corrected chi connectivity index (χ3v) is 5.40. The molecule has 3 aliphatic rings. The molecule has 3 rings (SSSR count). The molecular formula is C16H28N2O2. The summed E-state index contributed by atoms with van der Waals surface area (Å²) >= 11 is 0. The van der Waals surface area contributed by atoms with Crippen molar-refractivity contribution >= 4 is 5.91 Å². The van der Waals surface area contributed by atoms with Gasteiger partial charge in [0, 0.05) is 25.2 Å². The van der Waals surface area contributed by atoms with Gasteiger partial charge in [-0.1, -0.05) is 13.8 Å². The molecule has 0 radical (unpaired) electrons. The minimum absolute atomic E-state index is 0.145. The first-order chi connectivity index (χ1) is 9.52. The Morgan fingerprint density at radius 3 is 2.15 bits per heavy atom. The summed E-state index contributed by atoms with van der Waals surface area (Å²) in [5, 5.41) is 9.84. The van der Waals surface area contributed by atoms with Crippen molar-refractivity contribution in [1.82, 2.24) is 9.80 Å². The van der Waals surface area contributed by atoms with Crippen LogP contribution in [0.5, 0.6) is 0 Å². The molecule has 0 aliphatic carbocycles. The van der Waals surface area contributed by atoms with Crippen LogP contribution in [-0.4, -0.2) is 58.6 Å². The normalized spacial score (nSPS) is 42.0. The number of fused-ring (bicyclic) bond motifs is 2. The number of rotatable bonds is 2. The number of carbonyl (C=O) groups is 1. The van der Waals surface area contributed by atoms with Crippen molar-refractivity contribution in [2.24, 2.45) is 11.8 Å². The molecule has 20 heavy (non-hydrogen) atoms. The van der Waals surface area contributed by atoms with Gasteiger partial charge in [-0.2, -0.15) is 0 Å². The summed E-state index contributed by atoms with van der Waals surface area (Å²) in [6, 6.07) is 0.875. The zero-order valence-corrected chi connectivity index (χ0v) is 12.8. The van der Waals surface area contributed by atoms with Gasteiger partial charge in [-0.05, 0) is 43.9 Å². The number of hydrogen-bond acceptors (Lipinski definition) is 3. The Morgan fingerprint density at radius 2 is 1.60 bits per heavy atom. The molecule has 0 aromatic heterocycles. The number of aliphatic hydroxyl groups is 1. The van der Waals surface area contributed by atoms with Crippen LogP contribution in [-0.2, 0) is 4.79 Å². The Morgan fingerprint density at radius 1 is 1.05 bits per heavy atom. The Balaban J connectivity index is 1.59. The van der Waals surface area contributed by atoms with E-state index in [4.69, 9.17) is 0 Å². The molecule has 1 N–H and O–H groups in total. The van der Waals surface area contributed by atoms with Crippen LogP contribution in [0.1, 0.15) is 46.0 Å². The summed E-state index contributed by atoms with van der Waals surface area (Å²) in [5.41, 5.74) is 0. The fourth-order valence-electron chi connectivity index (χ4n) is 4.63. The van der Waals surface area contributed by atoms with Crippen LogP contribution < -0.4 is 0 Å². The highest BCUT2D eigenvalue weighted by Gasteiger charge is 2.41. The van der Waals surface area contributed by atoms with Crippen LogP contribution in [0.25, 0.3) is 0 Å². The first kappa shape index (κ1) is 14.3. The highest BCUT2D eigenvalue weighted by atomic mass is 16.3. The number of amides is 1. The van der Waals surface area contributed by atoms with Gasteiger partial charge in [0.25, 0.3) is 0 Å². The Labute approximate surface area is 122 Å². The first-order valence-corrected chi connectivity index (χ1v) is 8.24. The van der Waals surface area contributed by atoms with Gasteiger partial charge in [0.2, 0.25) is 5.91 Å². The van der Waals surface area contributed by atoms with E-state index in [9.17, 15) is 9.90 Å². The van der Waals surface area contributed by atoms with Crippen molar-refractivity contribution in [3.05, 3.63) is 0 Å². The summed E-state index contributed by atoms with van der Waals surface area (Å²) in [7, 11) is 0. The number of aliphatic hydroxyl groups excluding tert-OH is 1. The van der Waals surface area contributed by atoms with Gasteiger partial charge < -0.3 is 10.0 Å². The number of carbonyl (C=O) groups excluding carboxylic acids is 1. The molecule has 3 saturated heterocycles. The molecule has 3 fully saturated rings. The lowest BCUT2D eigenvalue weighted by Gasteiger charge is -2.40. The standard InChI is InChI=1S/C16H28N2O2/c1-11-5-12(2)9-17(8-11)16(20)10-18-13-3-4-14(18)7-15(19)6-13/h11-15,19H,3-10H2,1-2H3. The van der Waals surface area contributed by atoms with Crippen molar-refractivity contribution in [3.63, 3.8) is 0 Å². The predicted molar refractivity (Wildman–Crippen MR) is 78.3 cm³/mol. The predicted octanol–water partition coefficient (Wildman–Crippen LogP) is 1.48. The number of hydrogen-bond donors (Lipinski definition) is 1. The van der Waals surface area contributed by atoms with Crippen LogP contribution >= 0.6 is 0 Å². The number of piperidine rings is 2. The van der Waals surface area contributed by atoms with Gasteiger partial charge in [0.15, 0.2) is 0 Å². The van der Waals surface area contributed by atoms with Crippen molar-refractivity contribution in [2.75, 3.05) is 19.6 Å². The monoisotopic (exact) mass is 280 g/mol. The Kier molecular flexibility index (Phi) is 4.04. The average molecular weight is 280 g/mol. The van der Waals surface area contributed by atoms with E-state index in [1.54, 1.807) is 0 Å². The summed E-state index contributed by atoms with van der Waals surface area (Å²) in [4.78, 5) is 17.0. The minimum Gasteiger partial charge on any atom is -0.393 e. The molecule has 4 atom stereocenters. The minimum atomic E-state index is -0.145. The maximum Gasteiger partial charge on any atom is 0.236 e. The van der Waals surface area contributed by atoms with Gasteiger partial charge in [-0.15, -0.1) is 0 Å². The van der Waals surface area contributed by atoms with E-state index in [0.29, 0.717) is 36.4 Å². The second-order valence-electron chi connectivity index (χ2n) is 7.43. The van der Waals surface area contributed by atoms with Gasteiger partial charge in [0.1, 0.15) is 0 Å². The SMILES string of the molecule is CC1CC(C)CN(C(=O)CN2C3CCC2CC(O)C3)C1. The van der Waals surface area contributed by atoms with Gasteiger partial charge in [0.05, 0.1) is 12.6 Å². The lowest BCUT2D eigenvalue weighted by molar-refractivity contribution is -0.136. The molecule has 3 aliphatic heterocycles. The van der Waals surface area contributed by atoms with E-state index in [0.717, 1.165) is 38.8 Å². The van der Waals surface area contributed by atoms with Crippen molar-refractivity contribution in [1.29, 1.82) is 0 Å². The van der Waals surface area contributed by atoms with E-state index in [-0.39, 0.29) is 6.10 Å². The zero-order chi connectivity index (χ0) is 14.3. The summed E-state index contributed by atoms with van der Waals surface area (Å²) in [5.74, 6) is 1.56. The summed E-state index contributed by atoms with van der Waals surface area (Å²) in [6.45, 7) is 6.92. The van der Waals surface area contributed by atoms with Crippen LogP contribution in [0.15, 0.2) is 0 Å². The van der Waals surface area contributed by atoms with Gasteiger partial charge in [-0.3, -0.25) is 9.69 Å². The molecule has 0 spiro atoms. The molecule has 0 saturated carbocycles. The summed E-state index contributed by atoms with van der Waals surface area (Å²) < 4.78 is 0. The van der Waals surface area contributed by atoms with Crippen LogP contribution in [0.3, 0.4) is 0 Å². The van der Waals surface area contributed by atoms with Crippen molar-refractivity contribution in [2.45, 2.75) is 64.1 Å². The molecule has 0 aromatic carbocycles. The smallest absolute Gasteiger partial charge is 0.236 e. The third kappa shape index (κ3) is 2.86. The van der Waals surface area contributed by atoms with Crippen LogP contribution in [0.4, 0.5) is 0 Å². The fourth-order valence-corrected chi connectivity index (χ4v) is 4.63. The van der Waals surface area contributed by atoms with Crippen LogP contribution in [0, 0.1) is 11.8 Å². The topological polar surface area (TPSA) is 43.8 Å². The van der Waals surface area contributed by atoms with E-state index in [2.05, 4.69) is 23.6 Å². The molecule has 0 aromatic rings. The average Bonchev–Trinajstić information content (AvgIpc) is 2.60. The van der Waals surface area contributed by atoms with E-state index >= 15 is 0 Å². The maximum atomic E-state index is 12.6. The molecule has 3 heterocycles. The molecule has 114 valence electrons. The summed E-state index contributed by atoms with van der Waals surface area (Å²) in [6.07, 6.45) is 5.12. The highest BCUT2D eigenvalue weighted by molar-refractivity contribution is 5.78. The van der Waals surface area contributed by atoms with Crippen molar-refractivity contribution < 1.29 is 9.90 Å².